The maximum absolute atomic E-state index is 12.2. The van der Waals surface area contributed by atoms with Crippen molar-refractivity contribution in [2.75, 3.05) is 63.2 Å². The van der Waals surface area contributed by atoms with Crippen LogP contribution in [0.4, 0.5) is 11.8 Å². The van der Waals surface area contributed by atoms with Gasteiger partial charge in [-0.2, -0.15) is 10.1 Å². The molecular formula is C29H38N8O. The number of nitrogens with one attached hydrogen (secondary N) is 1. The Morgan fingerprint density at radius 2 is 1.87 bits per heavy atom. The van der Waals surface area contributed by atoms with Crippen LogP contribution in [0.5, 0.6) is 0 Å². The molecule has 9 nitrogen and oxygen atoms in total. The zero-order valence-electron chi connectivity index (χ0n) is 22.9. The van der Waals surface area contributed by atoms with Crippen molar-refractivity contribution in [1.29, 1.82) is 0 Å². The minimum absolute atomic E-state index is 0.00520. The molecule has 0 saturated carbocycles. The minimum atomic E-state index is 0.00520. The molecule has 0 radical (unpaired) electrons. The number of likely N-dealkylation sites (N-methyl/N-ethyl adjacent to an activating group) is 1. The number of fused-ring (bicyclic) bond motifs is 2. The molecule has 9 heteroatoms. The van der Waals surface area contributed by atoms with Gasteiger partial charge in [0.25, 0.3) is 0 Å². The highest BCUT2D eigenvalue weighted by Gasteiger charge is 2.37. The van der Waals surface area contributed by atoms with E-state index in [2.05, 4.69) is 71.6 Å². The summed E-state index contributed by atoms with van der Waals surface area (Å²) in [5, 5.41) is 8.72. The maximum Gasteiger partial charge on any atom is 0.246 e. The zero-order chi connectivity index (χ0) is 26.6. The molecule has 2 aliphatic heterocycles. The van der Waals surface area contributed by atoms with E-state index in [4.69, 9.17) is 9.97 Å². The number of piperazine rings is 1. The van der Waals surface area contributed by atoms with E-state index in [-0.39, 0.29) is 5.91 Å². The van der Waals surface area contributed by atoms with Crippen LogP contribution in [0.3, 0.4) is 0 Å². The predicted molar refractivity (Wildman–Crippen MR) is 151 cm³/mol. The van der Waals surface area contributed by atoms with Gasteiger partial charge in [0.15, 0.2) is 0 Å². The van der Waals surface area contributed by atoms with Crippen molar-refractivity contribution in [2.24, 2.45) is 5.92 Å². The molecule has 1 aromatic carbocycles. The number of aromatic amines is 1. The highest BCUT2D eigenvalue weighted by Crippen LogP contribution is 2.43. The number of carbonyl (C=O) groups is 1. The second kappa shape index (κ2) is 9.69. The van der Waals surface area contributed by atoms with Gasteiger partial charge in [-0.3, -0.25) is 9.89 Å². The zero-order valence-corrected chi connectivity index (χ0v) is 22.9. The summed E-state index contributed by atoms with van der Waals surface area (Å²) in [6.07, 6.45) is 5.22. The molecule has 0 spiro atoms. The molecule has 3 aromatic rings. The highest BCUT2D eigenvalue weighted by molar-refractivity contribution is 5.87. The van der Waals surface area contributed by atoms with Crippen molar-refractivity contribution in [3.05, 3.63) is 53.4 Å². The first-order chi connectivity index (χ1) is 18.3. The average molecular weight is 515 g/mol. The van der Waals surface area contributed by atoms with Crippen LogP contribution in [0.2, 0.25) is 0 Å². The van der Waals surface area contributed by atoms with E-state index < -0.39 is 0 Å². The van der Waals surface area contributed by atoms with Gasteiger partial charge in [0.2, 0.25) is 11.9 Å². The molecule has 1 N–H and O–H groups in total. The Morgan fingerprint density at radius 1 is 1.11 bits per heavy atom. The van der Waals surface area contributed by atoms with Gasteiger partial charge < -0.3 is 19.6 Å². The third-order valence-electron chi connectivity index (χ3n) is 8.88. The number of hydrogen-bond acceptors (Lipinski definition) is 7. The van der Waals surface area contributed by atoms with Gasteiger partial charge in [-0.05, 0) is 69.0 Å². The molecular weight excluding hydrogens is 476 g/mol. The van der Waals surface area contributed by atoms with Crippen molar-refractivity contribution in [2.45, 2.75) is 38.6 Å². The third kappa shape index (κ3) is 4.22. The van der Waals surface area contributed by atoms with Crippen molar-refractivity contribution < 1.29 is 4.79 Å². The summed E-state index contributed by atoms with van der Waals surface area (Å²) in [6, 6.07) is 4.86. The SMILES string of the molecule is C=CC(=O)N1CCN(c2nc(N3CC(N(C)C)C3)nc3c2C[C@@H](C)C(c2c(C)ccc4[nH]ncc24)C3)CC1. The van der Waals surface area contributed by atoms with Gasteiger partial charge in [0, 0.05) is 56.3 Å². The minimum Gasteiger partial charge on any atom is -0.353 e. The molecule has 1 aliphatic carbocycles. The quantitative estimate of drug-likeness (QED) is 0.524. The van der Waals surface area contributed by atoms with Crippen molar-refractivity contribution >= 4 is 28.6 Å². The van der Waals surface area contributed by atoms with Gasteiger partial charge in [0.1, 0.15) is 5.82 Å². The van der Waals surface area contributed by atoms with E-state index in [1.54, 1.807) is 0 Å². The fourth-order valence-electron chi connectivity index (χ4n) is 6.40. The van der Waals surface area contributed by atoms with Gasteiger partial charge in [-0.25, -0.2) is 4.98 Å². The van der Waals surface area contributed by atoms with Crippen LogP contribution in [0.15, 0.2) is 31.0 Å². The van der Waals surface area contributed by atoms with Crippen LogP contribution in [0.25, 0.3) is 10.9 Å². The lowest BCUT2D eigenvalue weighted by molar-refractivity contribution is -0.126. The van der Waals surface area contributed by atoms with E-state index in [1.807, 2.05) is 11.1 Å². The average Bonchev–Trinajstić information content (AvgIpc) is 3.36. The summed E-state index contributed by atoms with van der Waals surface area (Å²) in [5.74, 6) is 2.72. The second-order valence-corrected chi connectivity index (χ2v) is 11.4. The third-order valence-corrected chi connectivity index (χ3v) is 8.88. The number of benzene rings is 1. The van der Waals surface area contributed by atoms with E-state index >= 15 is 0 Å². The maximum atomic E-state index is 12.2. The molecule has 38 heavy (non-hydrogen) atoms. The Morgan fingerprint density at radius 3 is 2.58 bits per heavy atom. The van der Waals surface area contributed by atoms with Gasteiger partial charge in [-0.1, -0.05) is 19.6 Å². The lowest BCUT2D eigenvalue weighted by atomic mass is 9.73. The summed E-state index contributed by atoms with van der Waals surface area (Å²) in [6.45, 7) is 13.0. The summed E-state index contributed by atoms with van der Waals surface area (Å²) < 4.78 is 0. The molecule has 2 saturated heterocycles. The molecule has 200 valence electrons. The highest BCUT2D eigenvalue weighted by atomic mass is 16.2. The van der Waals surface area contributed by atoms with Gasteiger partial charge >= 0.3 is 0 Å². The first-order valence-corrected chi connectivity index (χ1v) is 13.7. The summed E-state index contributed by atoms with van der Waals surface area (Å²) >= 11 is 0. The summed E-state index contributed by atoms with van der Waals surface area (Å²) in [4.78, 5) is 31.4. The van der Waals surface area contributed by atoms with E-state index in [1.165, 1.54) is 33.8 Å². The Balaban J connectivity index is 1.36. The standard InChI is InChI=1S/C29H38N8O/c1-6-26(38)35-9-11-36(12-10-35)28-22-13-19(3)21(27-18(2)7-8-24-23(27)15-30-33-24)14-25(22)31-29(32-28)37-16-20(17-37)34(4)5/h6-8,15,19-21H,1,9-14,16-17H2,2-5H3,(H,30,33)/t19-,21?/m1/s1. The number of amides is 1. The van der Waals surface area contributed by atoms with Crippen LogP contribution in [-0.2, 0) is 17.6 Å². The number of aryl methyl sites for hydroxylation is 1. The monoisotopic (exact) mass is 514 g/mol. The molecule has 4 heterocycles. The molecule has 3 aliphatic rings. The predicted octanol–water partition coefficient (Wildman–Crippen LogP) is 2.76. The van der Waals surface area contributed by atoms with Crippen LogP contribution in [0, 0.1) is 12.8 Å². The fourth-order valence-corrected chi connectivity index (χ4v) is 6.40. The number of H-pyrrole nitrogens is 1. The first kappa shape index (κ1) is 24.9. The van der Waals surface area contributed by atoms with Crippen molar-refractivity contribution in [1.82, 2.24) is 30.0 Å². The Labute approximate surface area is 224 Å². The number of nitrogens with zero attached hydrogens (tertiary/aromatic N) is 7. The largest absolute Gasteiger partial charge is 0.353 e. The number of anilines is 2. The first-order valence-electron chi connectivity index (χ1n) is 13.7. The molecule has 2 fully saturated rings. The fraction of sp³-hybridized carbons (Fsp3) is 0.517. The summed E-state index contributed by atoms with van der Waals surface area (Å²) in [5.41, 5.74) is 6.25. The normalized spacial score (nSPS) is 22.1. The van der Waals surface area contributed by atoms with E-state index in [0.717, 1.165) is 56.3 Å². The van der Waals surface area contributed by atoms with E-state index in [9.17, 15) is 4.79 Å². The molecule has 1 amide bonds. The molecule has 6 rings (SSSR count). The molecule has 1 unspecified atom stereocenters. The van der Waals surface area contributed by atoms with Crippen molar-refractivity contribution in [3.63, 3.8) is 0 Å². The topological polar surface area (TPSA) is 84.5 Å². The number of hydrogen-bond donors (Lipinski definition) is 1. The van der Waals surface area contributed by atoms with Crippen LogP contribution in [-0.4, -0.2) is 95.3 Å². The van der Waals surface area contributed by atoms with Crippen LogP contribution >= 0.6 is 0 Å². The number of aromatic nitrogens is 4. The molecule has 2 aromatic heterocycles. The Hall–Kier alpha value is -3.46. The lowest BCUT2D eigenvalue weighted by Gasteiger charge is -2.44. The van der Waals surface area contributed by atoms with E-state index in [0.29, 0.717) is 31.0 Å². The van der Waals surface area contributed by atoms with Crippen LogP contribution in [0.1, 0.15) is 35.2 Å². The van der Waals surface area contributed by atoms with Crippen molar-refractivity contribution in [3.8, 4) is 0 Å². The van der Waals surface area contributed by atoms with Gasteiger partial charge in [-0.15, -0.1) is 0 Å². The molecule has 0 bridgehead atoms. The molecule has 2 atom stereocenters. The summed E-state index contributed by atoms with van der Waals surface area (Å²) in [7, 11) is 4.27. The number of rotatable bonds is 5. The van der Waals surface area contributed by atoms with Crippen LogP contribution < -0.4 is 9.80 Å². The Bertz CT molecular complexity index is 1370. The Kier molecular flexibility index (Phi) is 6.34. The van der Waals surface area contributed by atoms with Gasteiger partial charge in [0.05, 0.1) is 17.4 Å². The second-order valence-electron chi connectivity index (χ2n) is 11.4. The smallest absolute Gasteiger partial charge is 0.246 e. The lowest BCUT2D eigenvalue weighted by Crippen LogP contribution is -2.58. The number of carbonyl (C=O) groups excluding carboxylic acids is 1.